The first-order valence-corrected chi connectivity index (χ1v) is 12.4. The van der Waals surface area contributed by atoms with Gasteiger partial charge in [0.2, 0.25) is 5.91 Å². The standard InChI is InChI=1S/C28H26F2N2O7/c1-31-27(38)21-24(35)22(32(2)3)15-9-12-8-14-13(11-4-6-16(29)17(30)10-11)5-7-18(33)20(14)23(34)19(12)25(36)28(15,39)26(21)37/h4-7,10,12,15,19,21-22,33,39H,8-9H2,1-3H3,(H,31,38)/t12-,15-,19?,21?,22-,28-/m0/s1. The molecule has 2 fully saturated rings. The van der Waals surface area contributed by atoms with E-state index in [9.17, 15) is 43.0 Å². The van der Waals surface area contributed by atoms with Crippen molar-refractivity contribution in [2.24, 2.45) is 23.7 Å². The lowest BCUT2D eigenvalue weighted by Crippen LogP contribution is -2.74. The van der Waals surface area contributed by atoms with E-state index in [1.807, 2.05) is 0 Å². The van der Waals surface area contributed by atoms with Gasteiger partial charge >= 0.3 is 0 Å². The fraction of sp³-hybridized carbons (Fsp3) is 0.393. The van der Waals surface area contributed by atoms with E-state index in [2.05, 4.69) is 5.32 Å². The molecular weight excluding hydrogens is 514 g/mol. The Hall–Kier alpha value is -3.83. The van der Waals surface area contributed by atoms with E-state index in [0.29, 0.717) is 11.1 Å². The third-order valence-electron chi connectivity index (χ3n) is 8.40. The number of rotatable bonds is 3. The van der Waals surface area contributed by atoms with Gasteiger partial charge in [0.15, 0.2) is 46.3 Å². The Morgan fingerprint density at radius 1 is 1.05 bits per heavy atom. The minimum absolute atomic E-state index is 0.0220. The number of ketones is 4. The lowest BCUT2D eigenvalue weighted by molar-refractivity contribution is -0.181. The van der Waals surface area contributed by atoms with Crippen molar-refractivity contribution < 1.29 is 43.0 Å². The van der Waals surface area contributed by atoms with Gasteiger partial charge < -0.3 is 15.5 Å². The summed E-state index contributed by atoms with van der Waals surface area (Å²) in [6.45, 7) is 0. The molecule has 0 bridgehead atoms. The van der Waals surface area contributed by atoms with Crippen LogP contribution in [0.2, 0.25) is 0 Å². The van der Waals surface area contributed by atoms with Gasteiger partial charge in [-0.1, -0.05) is 12.1 Å². The summed E-state index contributed by atoms with van der Waals surface area (Å²) in [6, 6.07) is 4.71. The van der Waals surface area contributed by atoms with Crippen LogP contribution in [0.4, 0.5) is 8.78 Å². The Balaban J connectivity index is 1.65. The number of likely N-dealkylation sites (N-methyl/N-ethyl adjacent to an activating group) is 1. The highest BCUT2D eigenvalue weighted by Crippen LogP contribution is 2.51. The van der Waals surface area contributed by atoms with E-state index in [1.165, 1.54) is 44.2 Å². The Morgan fingerprint density at radius 3 is 2.36 bits per heavy atom. The zero-order chi connectivity index (χ0) is 28.5. The van der Waals surface area contributed by atoms with Crippen LogP contribution in [-0.4, -0.2) is 76.9 Å². The molecule has 0 spiro atoms. The molecule has 39 heavy (non-hydrogen) atoms. The molecule has 11 heteroatoms. The number of carbonyl (C=O) groups is 5. The molecule has 3 aliphatic rings. The van der Waals surface area contributed by atoms with Gasteiger partial charge in [-0.05, 0) is 67.7 Å². The normalized spacial score (nSPS) is 30.1. The third kappa shape index (κ3) is 3.67. The summed E-state index contributed by atoms with van der Waals surface area (Å²) >= 11 is 0. The van der Waals surface area contributed by atoms with Gasteiger partial charge in [0.1, 0.15) is 5.75 Å². The Labute approximate surface area is 221 Å². The minimum Gasteiger partial charge on any atom is -0.507 e. The summed E-state index contributed by atoms with van der Waals surface area (Å²) in [7, 11) is 4.27. The number of phenols is 1. The van der Waals surface area contributed by atoms with Crippen molar-refractivity contribution in [1.82, 2.24) is 10.2 Å². The maximum atomic E-state index is 14.0. The number of aliphatic hydroxyl groups is 1. The summed E-state index contributed by atoms with van der Waals surface area (Å²) in [5.74, 6) is -13.0. The number of benzene rings is 2. The largest absolute Gasteiger partial charge is 0.507 e. The van der Waals surface area contributed by atoms with Gasteiger partial charge in [0, 0.05) is 13.0 Å². The first-order valence-electron chi connectivity index (χ1n) is 12.4. The van der Waals surface area contributed by atoms with Crippen LogP contribution < -0.4 is 5.32 Å². The molecule has 3 N–H and O–H groups in total. The summed E-state index contributed by atoms with van der Waals surface area (Å²) in [6.07, 6.45) is -0.0695. The third-order valence-corrected chi connectivity index (χ3v) is 8.40. The number of carbonyl (C=O) groups excluding carboxylic acids is 5. The topological polar surface area (TPSA) is 141 Å². The molecule has 0 aliphatic heterocycles. The summed E-state index contributed by atoms with van der Waals surface area (Å²) in [5.41, 5.74) is -2.08. The number of aromatic hydroxyl groups is 1. The molecule has 204 valence electrons. The molecule has 2 aromatic rings. The molecule has 5 rings (SSSR count). The fourth-order valence-electron chi connectivity index (χ4n) is 6.66. The lowest BCUT2D eigenvalue weighted by atomic mass is 9.52. The van der Waals surface area contributed by atoms with Crippen molar-refractivity contribution in [3.8, 4) is 16.9 Å². The molecule has 3 aliphatic carbocycles. The smallest absolute Gasteiger partial charge is 0.238 e. The van der Waals surface area contributed by atoms with Crippen LogP contribution in [-0.2, 0) is 25.6 Å². The zero-order valence-corrected chi connectivity index (χ0v) is 21.3. The number of hydrogen-bond acceptors (Lipinski definition) is 8. The number of Topliss-reactive ketones (excluding diaryl/α,β-unsaturated/α-hetero) is 4. The molecule has 1 amide bonds. The lowest BCUT2D eigenvalue weighted by Gasteiger charge is -2.52. The molecule has 0 heterocycles. The average Bonchev–Trinajstić information content (AvgIpc) is 2.87. The monoisotopic (exact) mass is 540 g/mol. The van der Waals surface area contributed by atoms with Crippen LogP contribution >= 0.6 is 0 Å². The maximum absolute atomic E-state index is 14.0. The van der Waals surface area contributed by atoms with Crippen LogP contribution in [0.25, 0.3) is 11.1 Å². The number of phenolic OH excluding ortho intramolecular Hbond substituents is 1. The Bertz CT molecular complexity index is 1470. The molecule has 2 unspecified atom stereocenters. The number of nitrogens with one attached hydrogen (secondary N) is 1. The number of nitrogens with zero attached hydrogens (tertiary/aromatic N) is 1. The molecule has 6 atom stereocenters. The van der Waals surface area contributed by atoms with Crippen LogP contribution in [0, 0.1) is 35.3 Å². The zero-order valence-electron chi connectivity index (χ0n) is 21.3. The van der Waals surface area contributed by atoms with E-state index < -0.39 is 81.7 Å². The maximum Gasteiger partial charge on any atom is 0.238 e. The quantitative estimate of drug-likeness (QED) is 0.491. The highest BCUT2D eigenvalue weighted by Gasteiger charge is 2.69. The van der Waals surface area contributed by atoms with E-state index in [1.54, 1.807) is 0 Å². The second-order valence-corrected chi connectivity index (χ2v) is 10.6. The van der Waals surface area contributed by atoms with E-state index >= 15 is 0 Å². The van der Waals surface area contributed by atoms with Crippen LogP contribution in [0.3, 0.4) is 0 Å². The molecular formula is C28H26F2N2O7. The first kappa shape index (κ1) is 26.8. The van der Waals surface area contributed by atoms with Crippen molar-refractivity contribution in [2.75, 3.05) is 21.1 Å². The molecule has 2 saturated carbocycles. The number of amides is 1. The van der Waals surface area contributed by atoms with Gasteiger partial charge in [-0.3, -0.25) is 28.9 Å². The number of fused-ring (bicyclic) bond motifs is 3. The predicted octanol–water partition coefficient (Wildman–Crippen LogP) is 1.07. The second kappa shape index (κ2) is 9.13. The molecule has 2 aromatic carbocycles. The number of hydrogen-bond donors (Lipinski definition) is 3. The first-order chi connectivity index (χ1) is 18.3. The summed E-state index contributed by atoms with van der Waals surface area (Å²) in [4.78, 5) is 68.4. The van der Waals surface area contributed by atoms with Crippen molar-refractivity contribution >= 4 is 29.0 Å². The van der Waals surface area contributed by atoms with Crippen molar-refractivity contribution in [3.05, 3.63) is 53.1 Å². The van der Waals surface area contributed by atoms with Gasteiger partial charge in [0.25, 0.3) is 0 Å². The average molecular weight is 541 g/mol. The van der Waals surface area contributed by atoms with Crippen LogP contribution in [0.15, 0.2) is 30.3 Å². The van der Waals surface area contributed by atoms with Gasteiger partial charge in [-0.15, -0.1) is 0 Å². The van der Waals surface area contributed by atoms with Gasteiger partial charge in [-0.2, -0.15) is 0 Å². The molecule has 0 saturated heterocycles. The second-order valence-electron chi connectivity index (χ2n) is 10.6. The predicted molar refractivity (Wildman–Crippen MR) is 132 cm³/mol. The fourth-order valence-corrected chi connectivity index (χ4v) is 6.66. The summed E-state index contributed by atoms with van der Waals surface area (Å²) in [5, 5.41) is 24.5. The van der Waals surface area contributed by atoms with E-state index in [0.717, 1.165) is 12.1 Å². The Kier molecular flexibility index (Phi) is 6.27. The highest BCUT2D eigenvalue weighted by atomic mass is 19.2. The van der Waals surface area contributed by atoms with Crippen molar-refractivity contribution in [1.29, 1.82) is 0 Å². The number of halogens is 2. The van der Waals surface area contributed by atoms with Gasteiger partial charge in [-0.25, -0.2) is 8.78 Å². The minimum atomic E-state index is -2.78. The van der Waals surface area contributed by atoms with Gasteiger partial charge in [0.05, 0.1) is 17.5 Å². The SMILES string of the molecule is CNC(=O)C1C(=O)[C@@H](N(C)C)[C@@H]2C[C@@H]3Cc4c(-c5ccc(F)c(F)c5)ccc(O)c4C(=O)C3C(=O)[C@]2(O)C1=O. The van der Waals surface area contributed by atoms with Crippen LogP contribution in [0.5, 0.6) is 5.75 Å². The molecule has 9 nitrogen and oxygen atoms in total. The molecule has 0 radical (unpaired) electrons. The van der Waals surface area contributed by atoms with E-state index in [4.69, 9.17) is 0 Å². The summed E-state index contributed by atoms with van der Waals surface area (Å²) < 4.78 is 27.6. The molecule has 0 aromatic heterocycles. The van der Waals surface area contributed by atoms with Crippen molar-refractivity contribution in [2.45, 2.75) is 24.5 Å². The highest BCUT2D eigenvalue weighted by molar-refractivity contribution is 6.32. The Morgan fingerprint density at radius 2 is 1.74 bits per heavy atom. The van der Waals surface area contributed by atoms with Crippen LogP contribution in [0.1, 0.15) is 22.3 Å². The van der Waals surface area contributed by atoms with E-state index in [-0.39, 0.29) is 24.0 Å². The van der Waals surface area contributed by atoms with Crippen molar-refractivity contribution in [3.63, 3.8) is 0 Å².